The van der Waals surface area contributed by atoms with Gasteiger partial charge in [-0.05, 0) is 107 Å². The van der Waals surface area contributed by atoms with Crippen LogP contribution < -0.4 is 10.6 Å². The van der Waals surface area contributed by atoms with Crippen LogP contribution in [0.15, 0.2) is 132 Å². The van der Waals surface area contributed by atoms with E-state index in [1.54, 1.807) is 6.08 Å². The van der Waals surface area contributed by atoms with Gasteiger partial charge in [0.15, 0.2) is 25.0 Å². The van der Waals surface area contributed by atoms with Crippen LogP contribution in [0.2, 0.25) is 54.4 Å². The summed E-state index contributed by atoms with van der Waals surface area (Å²) in [6, 6.07) is 19.2. The van der Waals surface area contributed by atoms with Gasteiger partial charge in [0.1, 0.15) is 25.7 Å². The molecule has 2 aromatic rings. The number of hydrogen-bond donors (Lipinski definition) is 1. The van der Waals surface area contributed by atoms with Gasteiger partial charge in [0.2, 0.25) is 0 Å². The van der Waals surface area contributed by atoms with E-state index in [0.29, 0.717) is 60.9 Å². The Labute approximate surface area is 431 Å². The van der Waals surface area contributed by atoms with Gasteiger partial charge in [0.05, 0.1) is 24.9 Å². The van der Waals surface area contributed by atoms with E-state index >= 15 is 0 Å². The number of rotatable bonds is 12. The van der Waals surface area contributed by atoms with Crippen molar-refractivity contribution in [2.75, 3.05) is 18.6 Å². The van der Waals surface area contributed by atoms with Crippen molar-refractivity contribution in [3.63, 3.8) is 0 Å². The zero-order valence-corrected chi connectivity index (χ0v) is 50.1. The van der Waals surface area contributed by atoms with E-state index in [0.717, 1.165) is 33.7 Å². The van der Waals surface area contributed by atoms with Crippen molar-refractivity contribution in [2.24, 2.45) is 0 Å². The number of benzene rings is 2. The van der Waals surface area contributed by atoms with E-state index in [4.69, 9.17) is 30.0 Å². The van der Waals surface area contributed by atoms with Crippen molar-refractivity contribution in [2.45, 2.75) is 192 Å². The minimum atomic E-state index is -2.90. The van der Waals surface area contributed by atoms with Crippen molar-refractivity contribution in [1.82, 2.24) is 0 Å². The van der Waals surface area contributed by atoms with Gasteiger partial charge in [0.25, 0.3) is 0 Å². The maximum absolute atomic E-state index is 14.9. The maximum atomic E-state index is 14.9. The fraction of sp³-hybridized carbons (Fsp3) is 0.579. The van der Waals surface area contributed by atoms with E-state index in [1.165, 1.54) is 0 Å². The molecule has 3 unspecified atom stereocenters. The van der Waals surface area contributed by atoms with E-state index in [-0.39, 0.29) is 40.0 Å². The molecule has 0 aliphatic heterocycles. The Hall–Kier alpha value is -2.32. The fourth-order valence-corrected chi connectivity index (χ4v) is 14.7. The van der Waals surface area contributed by atoms with Gasteiger partial charge < -0.3 is 22.9 Å². The molecule has 5 rings (SSSR count). The summed E-state index contributed by atoms with van der Waals surface area (Å²) in [7, 11) is -8.65. The summed E-state index contributed by atoms with van der Waals surface area (Å²) in [6.07, 6.45) is 5.47. The van der Waals surface area contributed by atoms with Gasteiger partial charge in [-0.15, -0.1) is 11.6 Å². The van der Waals surface area contributed by atoms with Crippen LogP contribution in [0.3, 0.4) is 0 Å². The SMILES string of the molecule is C=C1/C(=C\CCl)CC(O[Si](C)(C)C(C)(C)C)C[C@@H]1F.C=C1/C(=C\CO)CC(O[Si](C)(C)C(C)(C)C)C[C@@H]1F.C=C1/C(=C\CP(=O)(c2ccccc2)c2ccccc2)CC(O[Si](C)(C)C(C)(C)C)C[C@@H]1F. The molecule has 0 bridgehead atoms. The molecule has 6 atom stereocenters. The van der Waals surface area contributed by atoms with E-state index < -0.39 is 50.6 Å². The Bertz CT molecular complexity index is 2090. The van der Waals surface area contributed by atoms with Crippen LogP contribution in [0.5, 0.6) is 0 Å². The minimum Gasteiger partial charge on any atom is -0.413 e. The highest BCUT2D eigenvalue weighted by molar-refractivity contribution is 7.78. The van der Waals surface area contributed by atoms with Gasteiger partial charge in [-0.1, -0.05) is 161 Å². The van der Waals surface area contributed by atoms with Crippen LogP contribution >= 0.6 is 18.7 Å². The number of hydrogen-bond acceptors (Lipinski definition) is 5. The second kappa shape index (κ2) is 25.3. The Kier molecular flexibility index (Phi) is 22.4. The predicted octanol–water partition coefficient (Wildman–Crippen LogP) is 16.2. The van der Waals surface area contributed by atoms with Crippen molar-refractivity contribution >= 4 is 54.3 Å². The van der Waals surface area contributed by atoms with E-state index in [9.17, 15) is 17.7 Å². The highest BCUT2D eigenvalue weighted by atomic mass is 35.5. The molecule has 5 nitrogen and oxygen atoms in total. The first kappa shape index (κ1) is 62.0. The van der Waals surface area contributed by atoms with Gasteiger partial charge in [0, 0.05) is 41.9 Å². The molecule has 0 heterocycles. The Morgan fingerprint density at radius 2 is 0.857 bits per heavy atom. The summed E-state index contributed by atoms with van der Waals surface area (Å²) in [5.41, 5.74) is 4.18. The lowest BCUT2D eigenvalue weighted by molar-refractivity contribution is 0.131. The molecule has 70 heavy (non-hydrogen) atoms. The zero-order chi connectivity index (χ0) is 53.3. The third-order valence-corrected chi connectivity index (χ3v) is 32.2. The normalized spacial score (nSPS) is 25.1. The van der Waals surface area contributed by atoms with Gasteiger partial charge in [-0.2, -0.15) is 0 Å². The predicted molar refractivity (Wildman–Crippen MR) is 303 cm³/mol. The fourth-order valence-electron chi connectivity index (χ4n) is 7.93. The first-order chi connectivity index (χ1) is 32.1. The molecule has 13 heteroatoms. The van der Waals surface area contributed by atoms with Crippen molar-refractivity contribution in [3.8, 4) is 0 Å². The molecule has 0 saturated heterocycles. The van der Waals surface area contributed by atoms with Crippen LogP contribution in [0.1, 0.15) is 101 Å². The summed E-state index contributed by atoms with van der Waals surface area (Å²) >= 11 is 5.73. The molecule has 3 aliphatic rings. The maximum Gasteiger partial charge on any atom is 0.192 e. The molecule has 0 radical (unpaired) electrons. The highest BCUT2D eigenvalue weighted by Crippen LogP contribution is 2.47. The monoisotopic (exact) mass is 1060 g/mol. The van der Waals surface area contributed by atoms with Crippen molar-refractivity contribution in [3.05, 3.63) is 132 Å². The van der Waals surface area contributed by atoms with Crippen LogP contribution in [0, 0.1) is 0 Å². The van der Waals surface area contributed by atoms with Gasteiger partial charge >= 0.3 is 0 Å². The largest absolute Gasteiger partial charge is 0.413 e. The number of aliphatic hydroxyl groups excluding tert-OH is 1. The van der Waals surface area contributed by atoms with E-state index in [1.807, 2.05) is 72.8 Å². The summed E-state index contributed by atoms with van der Waals surface area (Å²) in [6.45, 7) is 44.4. The third-order valence-electron chi connectivity index (χ3n) is 15.5. The number of allylic oxidation sites excluding steroid dienone is 5. The standard InChI is InChI=1S/C27H36FO2PSi.C15H26ClFOSi.C15H27FO2Si/c1-21-22(19-23(20-26(21)28)30-32(5,6)27(2,3)4)17-18-31(29,24-13-9-7-10-14-24)25-15-11-8-12-16-25;1-11-12(7-8-16)9-13(10-14(11)17)18-19(5,6)15(2,3)4;1-11-12(7-8-17)9-13(10-14(11)16)18-19(5,6)15(2,3)4/h7-17,23,26H,1,18-20H2,2-6H3;7,13-14H,1,8-10H2,2-6H3;7,13-14,17H,1,8-10H2,2-6H3/b22-17-;2*12-7-/t23?,26-;2*13?,14-/m000/s1. The molecular weight excluding hydrogens is 972 g/mol. The van der Waals surface area contributed by atoms with Crippen LogP contribution in [0.4, 0.5) is 13.2 Å². The number of alkyl halides is 4. The summed E-state index contributed by atoms with van der Waals surface area (Å²) in [4.78, 5) is 0. The lowest BCUT2D eigenvalue weighted by Crippen LogP contribution is -2.45. The zero-order valence-electron chi connectivity index (χ0n) is 45.5. The van der Waals surface area contributed by atoms with Gasteiger partial charge in [-0.3, -0.25) is 0 Å². The summed E-state index contributed by atoms with van der Waals surface area (Å²) < 4.78 is 76.4. The Morgan fingerprint density at radius 1 is 0.571 bits per heavy atom. The average Bonchev–Trinajstić information content (AvgIpc) is 3.24. The van der Waals surface area contributed by atoms with Crippen molar-refractivity contribution < 1.29 is 36.1 Å². The smallest absolute Gasteiger partial charge is 0.192 e. The highest BCUT2D eigenvalue weighted by Gasteiger charge is 2.44. The average molecular weight is 1060 g/mol. The summed E-state index contributed by atoms with van der Waals surface area (Å²) in [5.74, 6) is 0.397. The second-order valence-electron chi connectivity index (χ2n) is 23.9. The second-order valence-corrected chi connectivity index (χ2v) is 41.4. The third kappa shape index (κ3) is 16.9. The molecule has 392 valence electrons. The quantitative estimate of drug-likeness (QED) is 0.130. The number of halogens is 4. The first-order valence-electron chi connectivity index (χ1n) is 25.1. The van der Waals surface area contributed by atoms with Crippen LogP contribution in [0.25, 0.3) is 0 Å². The van der Waals surface area contributed by atoms with Gasteiger partial charge in [-0.25, -0.2) is 13.2 Å². The first-order valence-corrected chi connectivity index (χ1v) is 36.2. The molecule has 3 fully saturated rings. The minimum absolute atomic E-state index is 0.0455. The molecule has 0 amide bonds. The lowest BCUT2D eigenvalue weighted by atomic mass is 9.87. The molecule has 3 aliphatic carbocycles. The Morgan fingerprint density at radius 3 is 1.13 bits per heavy atom. The molecular formula is C57H89ClF3O5PSi3. The number of aliphatic hydroxyl groups is 1. The van der Waals surface area contributed by atoms with Crippen LogP contribution in [-0.2, 0) is 17.8 Å². The summed E-state index contributed by atoms with van der Waals surface area (Å²) in [5, 5.41) is 11.0. The van der Waals surface area contributed by atoms with Crippen molar-refractivity contribution in [1.29, 1.82) is 0 Å². The molecule has 1 N–H and O–H groups in total. The topological polar surface area (TPSA) is 65.0 Å². The van der Waals surface area contributed by atoms with E-state index in [2.05, 4.69) is 121 Å². The van der Waals surface area contributed by atoms with Crippen LogP contribution in [-0.4, -0.2) is 85.5 Å². The molecule has 0 aromatic heterocycles. The molecule has 3 saturated carbocycles. The Balaban J connectivity index is 0.000000295. The lowest BCUT2D eigenvalue weighted by Gasteiger charge is -2.41. The molecule has 0 spiro atoms. The molecule has 2 aromatic carbocycles.